The summed E-state index contributed by atoms with van der Waals surface area (Å²) in [5.41, 5.74) is 0. The molecule has 6 heteroatoms. The van der Waals surface area contributed by atoms with Crippen LogP contribution in [0.2, 0.25) is 0 Å². The van der Waals surface area contributed by atoms with Gasteiger partial charge < -0.3 is 14.8 Å². The van der Waals surface area contributed by atoms with Crippen LogP contribution in [-0.4, -0.2) is 62.3 Å². The second-order valence-electron chi connectivity index (χ2n) is 4.88. The van der Waals surface area contributed by atoms with Gasteiger partial charge in [-0.1, -0.05) is 6.92 Å². The van der Waals surface area contributed by atoms with Gasteiger partial charge in [-0.05, 0) is 13.3 Å². The highest BCUT2D eigenvalue weighted by Gasteiger charge is 2.24. The molecule has 0 aromatic carbocycles. The van der Waals surface area contributed by atoms with Crippen LogP contribution in [0.4, 0.5) is 0 Å². The molecule has 0 aliphatic carbocycles. The Labute approximate surface area is 114 Å². The molecular formula is C13H24N2O4. The molecule has 110 valence electrons. The molecule has 0 saturated carbocycles. The fourth-order valence-electron chi connectivity index (χ4n) is 1.94. The summed E-state index contributed by atoms with van der Waals surface area (Å²) in [5.74, 6) is -0.260. The van der Waals surface area contributed by atoms with Gasteiger partial charge in [-0.25, -0.2) is 0 Å². The third-order valence-electron chi connectivity index (χ3n) is 3.23. The first kappa shape index (κ1) is 15.9. The zero-order valence-corrected chi connectivity index (χ0v) is 12.0. The van der Waals surface area contributed by atoms with E-state index in [1.54, 1.807) is 0 Å². The van der Waals surface area contributed by atoms with Gasteiger partial charge in [0.25, 0.3) is 0 Å². The summed E-state index contributed by atoms with van der Waals surface area (Å²) < 4.78 is 10.1. The minimum Gasteiger partial charge on any atom is -0.469 e. The van der Waals surface area contributed by atoms with Crippen molar-refractivity contribution in [2.45, 2.75) is 38.8 Å². The number of ether oxygens (including phenoxy) is 2. The van der Waals surface area contributed by atoms with Crippen molar-refractivity contribution in [3.8, 4) is 0 Å². The van der Waals surface area contributed by atoms with Gasteiger partial charge in [0.2, 0.25) is 5.91 Å². The van der Waals surface area contributed by atoms with Crippen LogP contribution in [0.1, 0.15) is 26.7 Å². The van der Waals surface area contributed by atoms with Crippen LogP contribution in [0.15, 0.2) is 0 Å². The maximum atomic E-state index is 11.8. The zero-order chi connectivity index (χ0) is 14.3. The number of hydrogen-bond donors (Lipinski definition) is 1. The van der Waals surface area contributed by atoms with Crippen molar-refractivity contribution in [1.29, 1.82) is 0 Å². The standard InChI is InChI=1S/C13H24N2O4/c1-4-10(2)14-12(16)9-15-5-6-19-11(8-15)7-13(17)18-3/h10-11H,4-9H2,1-3H3,(H,14,16). The summed E-state index contributed by atoms with van der Waals surface area (Å²) in [6, 6.07) is 0.194. The maximum absolute atomic E-state index is 11.8. The number of amides is 1. The monoisotopic (exact) mass is 272 g/mol. The van der Waals surface area contributed by atoms with Gasteiger partial charge in [-0.15, -0.1) is 0 Å². The normalized spacial score (nSPS) is 21.7. The topological polar surface area (TPSA) is 67.9 Å². The van der Waals surface area contributed by atoms with Crippen molar-refractivity contribution in [3.05, 3.63) is 0 Å². The molecule has 1 fully saturated rings. The summed E-state index contributed by atoms with van der Waals surface area (Å²) >= 11 is 0. The van der Waals surface area contributed by atoms with Crippen molar-refractivity contribution in [3.63, 3.8) is 0 Å². The van der Waals surface area contributed by atoms with Gasteiger partial charge in [0.05, 0.1) is 32.8 Å². The van der Waals surface area contributed by atoms with E-state index >= 15 is 0 Å². The van der Waals surface area contributed by atoms with E-state index in [2.05, 4.69) is 10.1 Å². The smallest absolute Gasteiger partial charge is 0.308 e. The lowest BCUT2D eigenvalue weighted by molar-refractivity contribution is -0.145. The van der Waals surface area contributed by atoms with E-state index in [0.717, 1.165) is 6.42 Å². The molecule has 2 unspecified atom stereocenters. The third kappa shape index (κ3) is 6.02. The van der Waals surface area contributed by atoms with Crippen LogP contribution in [0.25, 0.3) is 0 Å². The van der Waals surface area contributed by atoms with E-state index < -0.39 is 0 Å². The minimum atomic E-state index is -0.282. The molecule has 1 rings (SSSR count). The van der Waals surface area contributed by atoms with E-state index in [0.29, 0.717) is 26.2 Å². The molecule has 1 heterocycles. The van der Waals surface area contributed by atoms with E-state index in [-0.39, 0.29) is 30.4 Å². The third-order valence-corrected chi connectivity index (χ3v) is 3.23. The zero-order valence-electron chi connectivity index (χ0n) is 12.0. The van der Waals surface area contributed by atoms with Crippen molar-refractivity contribution < 1.29 is 19.1 Å². The number of morpholine rings is 1. The van der Waals surface area contributed by atoms with E-state index in [1.165, 1.54) is 7.11 Å². The lowest BCUT2D eigenvalue weighted by atomic mass is 10.2. The lowest BCUT2D eigenvalue weighted by Gasteiger charge is -2.32. The van der Waals surface area contributed by atoms with Gasteiger partial charge in [0.1, 0.15) is 0 Å². The Hall–Kier alpha value is -1.14. The Kier molecular flexibility index (Phi) is 6.80. The lowest BCUT2D eigenvalue weighted by Crippen LogP contribution is -2.48. The van der Waals surface area contributed by atoms with Gasteiger partial charge >= 0.3 is 5.97 Å². The van der Waals surface area contributed by atoms with E-state index in [4.69, 9.17) is 4.74 Å². The second-order valence-corrected chi connectivity index (χ2v) is 4.88. The molecule has 0 radical (unpaired) electrons. The van der Waals surface area contributed by atoms with Crippen molar-refractivity contribution in [2.24, 2.45) is 0 Å². The first-order valence-electron chi connectivity index (χ1n) is 6.75. The van der Waals surface area contributed by atoms with Crippen LogP contribution in [0.3, 0.4) is 0 Å². The van der Waals surface area contributed by atoms with Crippen molar-refractivity contribution in [2.75, 3.05) is 33.4 Å². The molecule has 2 atom stereocenters. The number of methoxy groups -OCH3 is 1. The first-order chi connectivity index (χ1) is 9.05. The number of rotatable bonds is 6. The number of esters is 1. The Balaban J connectivity index is 2.34. The fraction of sp³-hybridized carbons (Fsp3) is 0.846. The average molecular weight is 272 g/mol. The number of nitrogens with one attached hydrogen (secondary N) is 1. The summed E-state index contributed by atoms with van der Waals surface area (Å²) in [4.78, 5) is 25.0. The second kappa shape index (κ2) is 8.12. The van der Waals surface area contributed by atoms with Crippen molar-refractivity contribution >= 4 is 11.9 Å². The molecule has 1 amide bonds. The average Bonchev–Trinajstić information content (AvgIpc) is 2.38. The molecule has 1 aliphatic heterocycles. The Morgan fingerprint density at radius 3 is 2.89 bits per heavy atom. The predicted molar refractivity (Wildman–Crippen MR) is 70.7 cm³/mol. The Morgan fingerprint density at radius 1 is 1.53 bits per heavy atom. The SMILES string of the molecule is CCC(C)NC(=O)CN1CCOC(CC(=O)OC)C1. The molecule has 0 aromatic rings. The van der Waals surface area contributed by atoms with Crippen LogP contribution in [-0.2, 0) is 19.1 Å². The summed E-state index contributed by atoms with van der Waals surface area (Å²) in [5, 5.41) is 2.93. The van der Waals surface area contributed by atoms with Gasteiger partial charge in [-0.3, -0.25) is 14.5 Å². The summed E-state index contributed by atoms with van der Waals surface area (Å²) in [6.45, 7) is 6.21. The highest BCUT2D eigenvalue weighted by Crippen LogP contribution is 2.09. The van der Waals surface area contributed by atoms with Crippen LogP contribution in [0, 0.1) is 0 Å². The summed E-state index contributed by atoms with van der Waals surface area (Å²) in [7, 11) is 1.36. The number of hydrogen-bond acceptors (Lipinski definition) is 5. The highest BCUT2D eigenvalue weighted by molar-refractivity contribution is 5.78. The fourth-order valence-corrected chi connectivity index (χ4v) is 1.94. The largest absolute Gasteiger partial charge is 0.469 e. The molecule has 1 aliphatic rings. The summed E-state index contributed by atoms with van der Waals surface area (Å²) in [6.07, 6.45) is 0.970. The van der Waals surface area contributed by atoms with Gasteiger partial charge in [0.15, 0.2) is 0 Å². The molecular weight excluding hydrogens is 248 g/mol. The number of nitrogens with zero attached hydrogens (tertiary/aromatic N) is 1. The Morgan fingerprint density at radius 2 is 2.26 bits per heavy atom. The molecule has 0 aromatic heterocycles. The molecule has 6 nitrogen and oxygen atoms in total. The van der Waals surface area contributed by atoms with Gasteiger partial charge in [0, 0.05) is 19.1 Å². The quantitative estimate of drug-likeness (QED) is 0.698. The van der Waals surface area contributed by atoms with Crippen molar-refractivity contribution in [1.82, 2.24) is 10.2 Å². The molecule has 0 bridgehead atoms. The van der Waals surface area contributed by atoms with Crippen LogP contribution in [0.5, 0.6) is 0 Å². The molecule has 19 heavy (non-hydrogen) atoms. The minimum absolute atomic E-state index is 0.0214. The molecule has 1 N–H and O–H groups in total. The van der Waals surface area contributed by atoms with E-state index in [1.807, 2.05) is 18.7 Å². The Bertz CT molecular complexity index is 309. The predicted octanol–water partition coefficient (Wildman–Crippen LogP) is 0.165. The highest BCUT2D eigenvalue weighted by atomic mass is 16.5. The number of carbonyl (C=O) groups is 2. The van der Waals surface area contributed by atoms with Crippen LogP contribution >= 0.6 is 0 Å². The number of carbonyl (C=O) groups excluding carboxylic acids is 2. The molecule has 0 spiro atoms. The maximum Gasteiger partial charge on any atom is 0.308 e. The first-order valence-corrected chi connectivity index (χ1v) is 6.75. The van der Waals surface area contributed by atoms with E-state index in [9.17, 15) is 9.59 Å². The van der Waals surface area contributed by atoms with Crippen LogP contribution < -0.4 is 5.32 Å². The molecule has 1 saturated heterocycles. The van der Waals surface area contributed by atoms with Gasteiger partial charge in [-0.2, -0.15) is 0 Å².